The van der Waals surface area contributed by atoms with Gasteiger partial charge in [0.05, 0.1) is 0 Å². The number of benzene rings is 1. The fraction of sp³-hybridized carbons (Fsp3) is 0.462. The van der Waals surface area contributed by atoms with E-state index in [0.29, 0.717) is 6.54 Å². The lowest BCUT2D eigenvalue weighted by Crippen LogP contribution is -2.30. The van der Waals surface area contributed by atoms with Crippen molar-refractivity contribution in [2.24, 2.45) is 0 Å². The van der Waals surface area contributed by atoms with Crippen molar-refractivity contribution < 1.29 is 13.6 Å². The third-order valence-corrected chi connectivity index (χ3v) is 3.16. The number of carbonyl (C=O) groups is 1. The van der Waals surface area contributed by atoms with Crippen molar-refractivity contribution in [2.45, 2.75) is 25.1 Å². The van der Waals surface area contributed by atoms with E-state index in [1.54, 1.807) is 7.05 Å². The topological polar surface area (TPSA) is 20.3 Å². The summed E-state index contributed by atoms with van der Waals surface area (Å²) in [6, 6.07) is 2.44. The van der Waals surface area contributed by atoms with E-state index in [0.717, 1.165) is 12.5 Å². The predicted molar refractivity (Wildman–Crippen MR) is 71.1 cm³/mol. The monoisotopic (exact) mass is 319 g/mol. The van der Waals surface area contributed by atoms with E-state index in [-0.39, 0.29) is 10.4 Å². The molecular formula is C13H16BrF2NO. The molecule has 1 aromatic carbocycles. The third-order valence-electron chi connectivity index (χ3n) is 2.71. The molecule has 0 heterocycles. The smallest absolute Gasteiger partial charge is 0.259 e. The molecule has 0 N–H and O–H groups in total. The number of hydrogen-bond donors (Lipinski definition) is 0. The molecule has 1 aromatic rings. The number of halogens is 3. The standard InChI is InChI=1S/C13H16BrF2NO/c1-8-4-5-10(15)11(12(8)16)13(18)17(3)7-6-9(2)14/h4-5,9H,6-7H2,1-3H3. The minimum absolute atomic E-state index is 0.250. The highest BCUT2D eigenvalue weighted by atomic mass is 79.9. The number of rotatable bonds is 4. The van der Waals surface area contributed by atoms with E-state index < -0.39 is 23.1 Å². The van der Waals surface area contributed by atoms with E-state index in [4.69, 9.17) is 0 Å². The van der Waals surface area contributed by atoms with E-state index in [9.17, 15) is 13.6 Å². The van der Waals surface area contributed by atoms with E-state index in [1.807, 2.05) is 6.92 Å². The molecule has 1 rings (SSSR count). The molecule has 100 valence electrons. The maximum absolute atomic E-state index is 13.8. The minimum atomic E-state index is -0.818. The lowest BCUT2D eigenvalue weighted by molar-refractivity contribution is 0.0784. The molecule has 0 radical (unpaired) electrons. The molecule has 0 aromatic heterocycles. The highest BCUT2D eigenvalue weighted by Crippen LogP contribution is 2.18. The third kappa shape index (κ3) is 3.51. The molecule has 1 unspecified atom stereocenters. The molecule has 0 saturated carbocycles. The van der Waals surface area contributed by atoms with Gasteiger partial charge in [0.15, 0.2) is 0 Å². The van der Waals surface area contributed by atoms with Crippen molar-refractivity contribution in [3.05, 3.63) is 34.9 Å². The summed E-state index contributed by atoms with van der Waals surface area (Å²) in [5, 5.41) is 0. The number of carbonyl (C=O) groups excluding carboxylic acids is 1. The van der Waals surface area contributed by atoms with Crippen LogP contribution in [-0.4, -0.2) is 29.2 Å². The molecule has 0 aliphatic carbocycles. The van der Waals surface area contributed by atoms with Gasteiger partial charge in [-0.2, -0.15) is 0 Å². The molecule has 5 heteroatoms. The van der Waals surface area contributed by atoms with Crippen molar-refractivity contribution in [3.63, 3.8) is 0 Å². The normalized spacial score (nSPS) is 12.3. The van der Waals surface area contributed by atoms with Crippen LogP contribution in [-0.2, 0) is 0 Å². The summed E-state index contributed by atoms with van der Waals surface area (Å²) in [7, 11) is 1.54. The Morgan fingerprint density at radius 2 is 2.06 bits per heavy atom. The fourth-order valence-electron chi connectivity index (χ4n) is 1.52. The maximum atomic E-state index is 13.8. The summed E-state index contributed by atoms with van der Waals surface area (Å²) < 4.78 is 27.3. The zero-order chi connectivity index (χ0) is 13.9. The molecule has 1 amide bonds. The number of hydrogen-bond acceptors (Lipinski definition) is 1. The molecule has 0 aliphatic rings. The van der Waals surface area contributed by atoms with Gasteiger partial charge in [0, 0.05) is 18.4 Å². The molecular weight excluding hydrogens is 304 g/mol. The number of nitrogens with zero attached hydrogens (tertiary/aromatic N) is 1. The van der Waals surface area contributed by atoms with E-state index in [2.05, 4.69) is 15.9 Å². The van der Waals surface area contributed by atoms with Crippen molar-refractivity contribution >= 4 is 21.8 Å². The van der Waals surface area contributed by atoms with Crippen LogP contribution in [0.4, 0.5) is 8.78 Å². The Balaban J connectivity index is 2.93. The second-order valence-corrected chi connectivity index (χ2v) is 5.91. The average Bonchev–Trinajstić information content (AvgIpc) is 2.31. The van der Waals surface area contributed by atoms with Crippen LogP contribution in [0, 0.1) is 18.6 Å². The minimum Gasteiger partial charge on any atom is -0.341 e. The van der Waals surface area contributed by atoms with Crippen molar-refractivity contribution in [3.8, 4) is 0 Å². The van der Waals surface area contributed by atoms with Gasteiger partial charge in [0.2, 0.25) is 0 Å². The van der Waals surface area contributed by atoms with Gasteiger partial charge in [-0.15, -0.1) is 0 Å². The van der Waals surface area contributed by atoms with Gasteiger partial charge >= 0.3 is 0 Å². The van der Waals surface area contributed by atoms with Gasteiger partial charge in [-0.05, 0) is 25.0 Å². The first-order valence-electron chi connectivity index (χ1n) is 5.68. The summed E-state index contributed by atoms with van der Waals surface area (Å²) in [6.45, 7) is 3.90. The van der Waals surface area contributed by atoms with Gasteiger partial charge in [-0.3, -0.25) is 4.79 Å². The molecule has 0 saturated heterocycles. The molecule has 1 atom stereocenters. The van der Waals surface area contributed by atoms with Gasteiger partial charge in [-0.25, -0.2) is 8.78 Å². The van der Waals surface area contributed by atoms with Crippen LogP contribution >= 0.6 is 15.9 Å². The molecule has 0 aliphatic heterocycles. The SMILES string of the molecule is Cc1ccc(F)c(C(=O)N(C)CCC(C)Br)c1F. The van der Waals surface area contributed by atoms with E-state index >= 15 is 0 Å². The van der Waals surface area contributed by atoms with Crippen molar-refractivity contribution in [1.29, 1.82) is 0 Å². The van der Waals surface area contributed by atoms with Gasteiger partial charge in [0.25, 0.3) is 5.91 Å². The molecule has 0 bridgehead atoms. The average molecular weight is 320 g/mol. The lowest BCUT2D eigenvalue weighted by Gasteiger charge is -2.19. The van der Waals surface area contributed by atoms with Crippen molar-refractivity contribution in [2.75, 3.05) is 13.6 Å². The Bertz CT molecular complexity index is 449. The second-order valence-electron chi connectivity index (χ2n) is 4.35. The maximum Gasteiger partial charge on any atom is 0.259 e. The van der Waals surface area contributed by atoms with Crippen LogP contribution in [0.2, 0.25) is 0 Å². The molecule has 0 spiro atoms. The highest BCUT2D eigenvalue weighted by Gasteiger charge is 2.22. The molecule has 18 heavy (non-hydrogen) atoms. The van der Waals surface area contributed by atoms with Crippen LogP contribution in [0.1, 0.15) is 29.3 Å². The Labute approximate surface area is 114 Å². The fourth-order valence-corrected chi connectivity index (χ4v) is 1.72. The van der Waals surface area contributed by atoms with Crippen LogP contribution in [0.3, 0.4) is 0 Å². The Kier molecular flexibility index (Phi) is 5.26. The first-order valence-corrected chi connectivity index (χ1v) is 6.60. The highest BCUT2D eigenvalue weighted by molar-refractivity contribution is 9.09. The quantitative estimate of drug-likeness (QED) is 0.778. The van der Waals surface area contributed by atoms with E-state index in [1.165, 1.54) is 17.9 Å². The summed E-state index contributed by atoms with van der Waals surface area (Å²) in [4.78, 5) is 13.6. The molecule has 0 fully saturated rings. The zero-order valence-corrected chi connectivity index (χ0v) is 12.2. The zero-order valence-electron chi connectivity index (χ0n) is 10.6. The molecule has 2 nitrogen and oxygen atoms in total. The summed E-state index contributed by atoms with van der Waals surface area (Å²) in [6.07, 6.45) is 0.720. The number of aryl methyl sites for hydroxylation is 1. The van der Waals surface area contributed by atoms with Crippen LogP contribution < -0.4 is 0 Å². The van der Waals surface area contributed by atoms with Crippen LogP contribution in [0.25, 0.3) is 0 Å². The van der Waals surface area contributed by atoms with Gasteiger partial charge in [-0.1, -0.05) is 28.9 Å². The van der Waals surface area contributed by atoms with Crippen molar-refractivity contribution in [1.82, 2.24) is 4.90 Å². The Morgan fingerprint density at radius 1 is 1.44 bits per heavy atom. The van der Waals surface area contributed by atoms with Crippen LogP contribution in [0.5, 0.6) is 0 Å². The Hall–Kier alpha value is -0.970. The first-order chi connectivity index (χ1) is 8.34. The van der Waals surface area contributed by atoms with Crippen LogP contribution in [0.15, 0.2) is 12.1 Å². The summed E-state index contributed by atoms with van der Waals surface area (Å²) in [5.74, 6) is -2.22. The number of amides is 1. The summed E-state index contributed by atoms with van der Waals surface area (Å²) >= 11 is 3.36. The largest absolute Gasteiger partial charge is 0.341 e. The lowest BCUT2D eigenvalue weighted by atomic mass is 10.1. The van der Waals surface area contributed by atoms with Gasteiger partial charge < -0.3 is 4.90 Å². The second kappa shape index (κ2) is 6.27. The first kappa shape index (κ1) is 15.1. The summed E-state index contributed by atoms with van der Waals surface area (Å²) in [5.41, 5.74) is -0.207. The Morgan fingerprint density at radius 3 is 2.61 bits per heavy atom. The van der Waals surface area contributed by atoms with Gasteiger partial charge in [0.1, 0.15) is 17.2 Å². The predicted octanol–water partition coefficient (Wildman–Crippen LogP) is 3.52. The number of alkyl halides is 1.